The third-order valence-corrected chi connectivity index (χ3v) is 3.23. The molecule has 6 heteroatoms. The maximum absolute atomic E-state index is 11.3. The number of ketones is 1. The first kappa shape index (κ1) is 15.0. The Hall–Kier alpha value is -2.40. The highest BCUT2D eigenvalue weighted by atomic mass is 35.5. The molecule has 0 aromatic heterocycles. The molecule has 108 valence electrons. The normalized spacial score (nSPS) is 10.2. The number of carbonyl (C=O) groups is 1. The van der Waals surface area contributed by atoms with Gasteiger partial charge in [-0.05, 0) is 37.6 Å². The molecule has 0 saturated carbocycles. The monoisotopic (exact) mass is 305 g/mol. The Kier molecular flexibility index (Phi) is 4.23. The molecule has 0 radical (unpaired) electrons. The van der Waals surface area contributed by atoms with Crippen LogP contribution < -0.4 is 4.74 Å². The summed E-state index contributed by atoms with van der Waals surface area (Å²) in [7, 11) is 0. The SMILES string of the molecule is CC(=O)c1ccc(Oc2c(C)cccc2[N+](=O)[O-])c(Cl)c1. The van der Waals surface area contributed by atoms with Gasteiger partial charge in [-0.1, -0.05) is 23.7 Å². The van der Waals surface area contributed by atoms with Crippen LogP contribution in [0.15, 0.2) is 36.4 Å². The van der Waals surface area contributed by atoms with E-state index in [1.54, 1.807) is 25.1 Å². The van der Waals surface area contributed by atoms with Crippen molar-refractivity contribution in [1.82, 2.24) is 0 Å². The van der Waals surface area contributed by atoms with Gasteiger partial charge >= 0.3 is 5.69 Å². The molecule has 21 heavy (non-hydrogen) atoms. The molecule has 2 aromatic carbocycles. The largest absolute Gasteiger partial charge is 0.448 e. The first-order valence-corrected chi connectivity index (χ1v) is 6.50. The molecule has 0 spiro atoms. The lowest BCUT2D eigenvalue weighted by molar-refractivity contribution is -0.385. The van der Waals surface area contributed by atoms with E-state index in [2.05, 4.69) is 0 Å². The lowest BCUT2D eigenvalue weighted by atomic mass is 10.1. The topological polar surface area (TPSA) is 69.4 Å². The highest BCUT2D eigenvalue weighted by Crippen LogP contribution is 2.37. The number of rotatable bonds is 4. The quantitative estimate of drug-likeness (QED) is 0.472. The van der Waals surface area contributed by atoms with Crippen molar-refractivity contribution in [3.05, 3.63) is 62.7 Å². The summed E-state index contributed by atoms with van der Waals surface area (Å²) in [6.45, 7) is 3.14. The fourth-order valence-corrected chi connectivity index (χ4v) is 2.05. The summed E-state index contributed by atoms with van der Waals surface area (Å²) in [5, 5.41) is 11.3. The van der Waals surface area contributed by atoms with Gasteiger partial charge in [-0.3, -0.25) is 14.9 Å². The van der Waals surface area contributed by atoms with Crippen molar-refractivity contribution in [3.63, 3.8) is 0 Å². The number of ether oxygens (including phenoxy) is 1. The highest BCUT2D eigenvalue weighted by Gasteiger charge is 2.19. The van der Waals surface area contributed by atoms with Gasteiger partial charge in [0.15, 0.2) is 5.78 Å². The minimum atomic E-state index is -0.514. The zero-order chi connectivity index (χ0) is 15.6. The van der Waals surface area contributed by atoms with Crippen LogP contribution in [0, 0.1) is 17.0 Å². The standard InChI is InChI=1S/C15H12ClNO4/c1-9-4-3-5-13(17(19)20)15(9)21-14-7-6-11(10(2)18)8-12(14)16/h3-8H,1-2H3. The molecule has 5 nitrogen and oxygen atoms in total. The Morgan fingerprint density at radius 1 is 1.29 bits per heavy atom. The van der Waals surface area contributed by atoms with Crippen molar-refractivity contribution in [2.24, 2.45) is 0 Å². The molecular weight excluding hydrogens is 294 g/mol. The second kappa shape index (κ2) is 5.93. The number of aryl methyl sites for hydroxylation is 1. The zero-order valence-corrected chi connectivity index (χ0v) is 12.2. The Morgan fingerprint density at radius 2 is 2.00 bits per heavy atom. The predicted molar refractivity (Wildman–Crippen MR) is 79.4 cm³/mol. The Bertz CT molecular complexity index is 728. The molecule has 0 saturated heterocycles. The van der Waals surface area contributed by atoms with Crippen molar-refractivity contribution in [3.8, 4) is 11.5 Å². The van der Waals surface area contributed by atoms with Gasteiger partial charge in [-0.25, -0.2) is 0 Å². The average molecular weight is 306 g/mol. The van der Waals surface area contributed by atoms with E-state index in [4.69, 9.17) is 16.3 Å². The van der Waals surface area contributed by atoms with Gasteiger partial charge in [-0.15, -0.1) is 0 Å². The van der Waals surface area contributed by atoms with Crippen molar-refractivity contribution in [2.75, 3.05) is 0 Å². The number of nitro groups is 1. The molecular formula is C15H12ClNO4. The summed E-state index contributed by atoms with van der Waals surface area (Å²) in [5.74, 6) is 0.282. The minimum Gasteiger partial charge on any atom is -0.448 e. The third-order valence-electron chi connectivity index (χ3n) is 2.94. The van der Waals surface area contributed by atoms with Gasteiger partial charge < -0.3 is 4.74 Å². The van der Waals surface area contributed by atoms with E-state index in [-0.39, 0.29) is 28.0 Å². The van der Waals surface area contributed by atoms with E-state index < -0.39 is 4.92 Å². The second-order valence-electron chi connectivity index (χ2n) is 4.48. The maximum Gasteiger partial charge on any atom is 0.311 e. The summed E-state index contributed by atoms with van der Waals surface area (Å²) in [6.07, 6.45) is 0. The summed E-state index contributed by atoms with van der Waals surface area (Å²) < 4.78 is 5.58. The predicted octanol–water partition coefficient (Wildman–Crippen LogP) is 4.55. The van der Waals surface area contributed by atoms with Crippen LogP contribution in [0.5, 0.6) is 11.5 Å². The third kappa shape index (κ3) is 3.20. The number of carbonyl (C=O) groups excluding carboxylic acids is 1. The molecule has 2 rings (SSSR count). The Balaban J connectivity index is 2.44. The highest BCUT2D eigenvalue weighted by molar-refractivity contribution is 6.32. The fourth-order valence-electron chi connectivity index (χ4n) is 1.83. The number of hydrogen-bond acceptors (Lipinski definition) is 4. The first-order valence-electron chi connectivity index (χ1n) is 6.12. The van der Waals surface area contributed by atoms with Crippen LogP contribution in [0.3, 0.4) is 0 Å². The smallest absolute Gasteiger partial charge is 0.311 e. The molecule has 0 atom stereocenters. The number of hydrogen-bond donors (Lipinski definition) is 0. The van der Waals surface area contributed by atoms with Crippen molar-refractivity contribution >= 4 is 23.1 Å². The van der Waals surface area contributed by atoms with Gasteiger partial charge in [0.2, 0.25) is 5.75 Å². The summed E-state index contributed by atoms with van der Waals surface area (Å²) in [4.78, 5) is 21.8. The van der Waals surface area contributed by atoms with Crippen LogP contribution in [0.2, 0.25) is 5.02 Å². The van der Waals surface area contributed by atoms with E-state index in [0.29, 0.717) is 11.1 Å². The molecule has 0 fully saturated rings. The molecule has 0 aliphatic heterocycles. The summed E-state index contributed by atoms with van der Waals surface area (Å²) in [6, 6.07) is 9.22. The second-order valence-corrected chi connectivity index (χ2v) is 4.89. The summed E-state index contributed by atoms with van der Waals surface area (Å²) >= 11 is 6.06. The number of Topliss-reactive ketones (excluding diaryl/α,β-unsaturated/α-hetero) is 1. The van der Waals surface area contributed by atoms with E-state index in [1.807, 2.05) is 0 Å². The van der Waals surface area contributed by atoms with E-state index in [1.165, 1.54) is 25.1 Å². The molecule has 0 aliphatic carbocycles. The van der Waals surface area contributed by atoms with Crippen molar-refractivity contribution in [2.45, 2.75) is 13.8 Å². The van der Waals surface area contributed by atoms with Crippen LogP contribution in [-0.4, -0.2) is 10.7 Å². The van der Waals surface area contributed by atoms with Gasteiger partial charge in [-0.2, -0.15) is 0 Å². The molecule has 0 aliphatic rings. The molecule has 0 unspecified atom stereocenters. The number of para-hydroxylation sites is 1. The molecule has 0 amide bonds. The van der Waals surface area contributed by atoms with Gasteiger partial charge in [0.25, 0.3) is 0 Å². The van der Waals surface area contributed by atoms with Crippen LogP contribution in [0.1, 0.15) is 22.8 Å². The van der Waals surface area contributed by atoms with Gasteiger partial charge in [0.1, 0.15) is 5.75 Å². The number of nitro benzene ring substituents is 1. The van der Waals surface area contributed by atoms with Crippen molar-refractivity contribution in [1.29, 1.82) is 0 Å². The molecule has 0 bridgehead atoms. The van der Waals surface area contributed by atoms with E-state index in [9.17, 15) is 14.9 Å². The Labute approximate surface area is 126 Å². The van der Waals surface area contributed by atoms with E-state index in [0.717, 1.165) is 0 Å². The molecule has 0 heterocycles. The lowest BCUT2D eigenvalue weighted by Crippen LogP contribution is -1.97. The van der Waals surface area contributed by atoms with Crippen LogP contribution in [0.25, 0.3) is 0 Å². The fraction of sp³-hybridized carbons (Fsp3) is 0.133. The van der Waals surface area contributed by atoms with Crippen LogP contribution in [-0.2, 0) is 0 Å². The van der Waals surface area contributed by atoms with Crippen molar-refractivity contribution < 1.29 is 14.5 Å². The molecule has 2 aromatic rings. The number of nitrogens with zero attached hydrogens (tertiary/aromatic N) is 1. The molecule has 0 N–H and O–H groups in total. The minimum absolute atomic E-state index is 0.120. The van der Waals surface area contributed by atoms with E-state index >= 15 is 0 Å². The lowest BCUT2D eigenvalue weighted by Gasteiger charge is -2.11. The zero-order valence-electron chi connectivity index (χ0n) is 11.4. The maximum atomic E-state index is 11.3. The average Bonchev–Trinajstić information content (AvgIpc) is 2.42. The van der Waals surface area contributed by atoms with Gasteiger partial charge in [0, 0.05) is 11.6 Å². The first-order chi connectivity index (χ1) is 9.90. The van der Waals surface area contributed by atoms with Crippen LogP contribution >= 0.6 is 11.6 Å². The van der Waals surface area contributed by atoms with Crippen LogP contribution in [0.4, 0.5) is 5.69 Å². The summed E-state index contributed by atoms with van der Waals surface area (Å²) in [5.41, 5.74) is 0.934. The number of halogens is 1. The number of benzene rings is 2. The Morgan fingerprint density at radius 3 is 2.57 bits per heavy atom. The van der Waals surface area contributed by atoms with Gasteiger partial charge in [0.05, 0.1) is 9.95 Å².